The number of rotatable bonds is 4. The lowest BCUT2D eigenvalue weighted by Crippen LogP contribution is -2.51. The summed E-state index contributed by atoms with van der Waals surface area (Å²) in [5.74, 6) is 1.29. The van der Waals surface area contributed by atoms with E-state index in [2.05, 4.69) is 19.9 Å². The maximum atomic E-state index is 6.22. The first-order valence-corrected chi connectivity index (χ1v) is 8.99. The summed E-state index contributed by atoms with van der Waals surface area (Å²) < 4.78 is 7.13. The van der Waals surface area contributed by atoms with Crippen LogP contribution in [-0.2, 0) is 13.6 Å². The standard InChI is InChI=1S/C18H25ClN6O/c1-13-16(17(26-3)23(2)22-13)12-21-18(20)25-10-8-24(9-11-25)15-6-4-14(19)5-7-15/h4-7H,8-12H2,1-3H3,(H2,20,21). The van der Waals surface area contributed by atoms with Crippen LogP contribution in [0.2, 0.25) is 5.02 Å². The van der Waals surface area contributed by atoms with Crippen LogP contribution in [0.4, 0.5) is 5.69 Å². The van der Waals surface area contributed by atoms with E-state index in [1.165, 1.54) is 5.69 Å². The fraction of sp³-hybridized carbons (Fsp3) is 0.444. The van der Waals surface area contributed by atoms with Gasteiger partial charge in [-0.1, -0.05) is 11.6 Å². The Morgan fingerprint density at radius 3 is 2.50 bits per heavy atom. The van der Waals surface area contributed by atoms with Gasteiger partial charge in [-0.3, -0.25) is 0 Å². The van der Waals surface area contributed by atoms with E-state index in [9.17, 15) is 0 Å². The molecule has 0 amide bonds. The SMILES string of the molecule is COc1c(CN=C(N)N2CCN(c3ccc(Cl)cc3)CC2)c(C)nn1C. The van der Waals surface area contributed by atoms with Gasteiger partial charge in [0.1, 0.15) is 0 Å². The molecule has 7 nitrogen and oxygen atoms in total. The lowest BCUT2D eigenvalue weighted by atomic mass is 10.2. The van der Waals surface area contributed by atoms with Gasteiger partial charge in [-0.15, -0.1) is 0 Å². The van der Waals surface area contributed by atoms with E-state index in [0.29, 0.717) is 12.5 Å². The molecule has 1 aromatic carbocycles. The van der Waals surface area contributed by atoms with E-state index in [1.807, 2.05) is 38.2 Å². The lowest BCUT2D eigenvalue weighted by Gasteiger charge is -2.36. The summed E-state index contributed by atoms with van der Waals surface area (Å²) in [5, 5.41) is 5.13. The summed E-state index contributed by atoms with van der Waals surface area (Å²) >= 11 is 5.96. The third-order valence-corrected chi connectivity index (χ3v) is 4.93. The first-order chi connectivity index (χ1) is 12.5. The maximum Gasteiger partial charge on any atom is 0.216 e. The van der Waals surface area contributed by atoms with Crippen LogP contribution >= 0.6 is 11.6 Å². The largest absolute Gasteiger partial charge is 0.481 e. The molecule has 2 aromatic rings. The number of piperazine rings is 1. The normalized spacial score (nSPS) is 15.5. The molecule has 0 aliphatic carbocycles. The van der Waals surface area contributed by atoms with Crippen molar-refractivity contribution in [1.29, 1.82) is 0 Å². The maximum absolute atomic E-state index is 6.22. The predicted molar refractivity (Wildman–Crippen MR) is 105 cm³/mol. The molecule has 0 bridgehead atoms. The summed E-state index contributed by atoms with van der Waals surface area (Å²) in [6.45, 7) is 5.88. The van der Waals surface area contributed by atoms with Crippen molar-refractivity contribution in [1.82, 2.24) is 14.7 Å². The Balaban J connectivity index is 1.60. The van der Waals surface area contributed by atoms with Gasteiger partial charge in [0.05, 0.1) is 24.9 Å². The van der Waals surface area contributed by atoms with E-state index >= 15 is 0 Å². The average Bonchev–Trinajstić information content (AvgIpc) is 2.93. The van der Waals surface area contributed by atoms with Gasteiger partial charge in [0.2, 0.25) is 5.88 Å². The first kappa shape index (κ1) is 18.4. The van der Waals surface area contributed by atoms with Crippen LogP contribution in [-0.4, -0.2) is 53.9 Å². The Morgan fingerprint density at radius 2 is 1.88 bits per heavy atom. The molecule has 2 heterocycles. The molecule has 0 saturated carbocycles. The van der Waals surface area contributed by atoms with Crippen molar-refractivity contribution in [2.75, 3.05) is 38.2 Å². The highest BCUT2D eigenvalue weighted by atomic mass is 35.5. The molecule has 0 spiro atoms. The van der Waals surface area contributed by atoms with Gasteiger partial charge in [-0.2, -0.15) is 5.10 Å². The Morgan fingerprint density at radius 1 is 1.23 bits per heavy atom. The van der Waals surface area contributed by atoms with Crippen molar-refractivity contribution in [3.05, 3.63) is 40.5 Å². The number of guanidine groups is 1. The van der Waals surface area contributed by atoms with E-state index in [4.69, 9.17) is 22.1 Å². The number of anilines is 1. The fourth-order valence-electron chi connectivity index (χ4n) is 3.22. The van der Waals surface area contributed by atoms with Crippen molar-refractivity contribution in [2.45, 2.75) is 13.5 Å². The number of hydrogen-bond donors (Lipinski definition) is 1. The van der Waals surface area contributed by atoms with E-state index in [0.717, 1.165) is 48.3 Å². The summed E-state index contributed by atoms with van der Waals surface area (Å²) in [6, 6.07) is 7.94. The lowest BCUT2D eigenvalue weighted by molar-refractivity contribution is 0.368. The fourth-order valence-corrected chi connectivity index (χ4v) is 3.35. The molecular formula is C18H25ClN6O. The van der Waals surface area contributed by atoms with Gasteiger partial charge >= 0.3 is 0 Å². The van der Waals surface area contributed by atoms with Gasteiger partial charge in [0.25, 0.3) is 0 Å². The number of ether oxygens (including phenoxy) is 1. The highest BCUT2D eigenvalue weighted by Gasteiger charge is 2.19. The molecule has 8 heteroatoms. The second-order valence-electron chi connectivity index (χ2n) is 6.32. The van der Waals surface area contributed by atoms with Crippen LogP contribution in [0, 0.1) is 6.92 Å². The Labute approximate surface area is 159 Å². The third kappa shape index (κ3) is 3.88. The number of hydrogen-bond acceptors (Lipinski definition) is 4. The van der Waals surface area contributed by atoms with Crippen molar-refractivity contribution in [3.8, 4) is 5.88 Å². The number of nitrogens with two attached hydrogens (primary N) is 1. The Bertz CT molecular complexity index is 778. The van der Waals surface area contributed by atoms with E-state index in [-0.39, 0.29) is 0 Å². The molecule has 0 atom stereocenters. The summed E-state index contributed by atoms with van der Waals surface area (Å²) in [6.07, 6.45) is 0. The molecule has 1 aliphatic heterocycles. The monoisotopic (exact) mass is 376 g/mol. The van der Waals surface area contributed by atoms with Gasteiger partial charge in [-0.05, 0) is 31.2 Å². The van der Waals surface area contributed by atoms with E-state index < -0.39 is 0 Å². The molecule has 1 aliphatic rings. The number of aryl methyl sites for hydroxylation is 2. The molecule has 26 heavy (non-hydrogen) atoms. The molecule has 2 N–H and O–H groups in total. The molecule has 1 saturated heterocycles. The first-order valence-electron chi connectivity index (χ1n) is 8.61. The minimum atomic E-state index is 0.464. The van der Waals surface area contributed by atoms with Crippen molar-refractivity contribution in [2.24, 2.45) is 17.8 Å². The molecular weight excluding hydrogens is 352 g/mol. The van der Waals surface area contributed by atoms with Crippen molar-refractivity contribution < 1.29 is 4.74 Å². The van der Waals surface area contributed by atoms with Gasteiger partial charge in [0.15, 0.2) is 5.96 Å². The number of aliphatic imine (C=N–C) groups is 1. The highest BCUT2D eigenvalue weighted by molar-refractivity contribution is 6.30. The number of halogens is 1. The molecule has 1 fully saturated rings. The van der Waals surface area contributed by atoms with Crippen molar-refractivity contribution >= 4 is 23.2 Å². The summed E-state index contributed by atoms with van der Waals surface area (Å²) in [4.78, 5) is 9.00. The Kier molecular flexibility index (Phi) is 5.56. The highest BCUT2D eigenvalue weighted by Crippen LogP contribution is 2.22. The predicted octanol–water partition coefficient (Wildman–Crippen LogP) is 2.03. The van der Waals surface area contributed by atoms with Crippen LogP contribution in [0.5, 0.6) is 5.88 Å². The van der Waals surface area contributed by atoms with Crippen LogP contribution in [0.3, 0.4) is 0 Å². The molecule has 0 unspecified atom stereocenters. The zero-order chi connectivity index (χ0) is 18.7. The Hall–Kier alpha value is -2.41. The average molecular weight is 377 g/mol. The number of nitrogens with zero attached hydrogens (tertiary/aromatic N) is 5. The molecule has 140 valence electrons. The third-order valence-electron chi connectivity index (χ3n) is 4.68. The van der Waals surface area contributed by atoms with E-state index in [1.54, 1.807) is 11.8 Å². The van der Waals surface area contributed by atoms with Crippen LogP contribution in [0.1, 0.15) is 11.3 Å². The van der Waals surface area contributed by atoms with Crippen LogP contribution in [0.15, 0.2) is 29.3 Å². The zero-order valence-corrected chi connectivity index (χ0v) is 16.2. The zero-order valence-electron chi connectivity index (χ0n) is 15.4. The minimum Gasteiger partial charge on any atom is -0.481 e. The second-order valence-corrected chi connectivity index (χ2v) is 6.76. The van der Waals surface area contributed by atoms with Crippen LogP contribution < -0.4 is 15.4 Å². The molecule has 0 radical (unpaired) electrons. The number of methoxy groups -OCH3 is 1. The van der Waals surface area contributed by atoms with Crippen LogP contribution in [0.25, 0.3) is 0 Å². The molecule has 1 aromatic heterocycles. The number of benzene rings is 1. The topological polar surface area (TPSA) is 71.9 Å². The molecule has 3 rings (SSSR count). The quantitative estimate of drug-likeness (QED) is 0.653. The minimum absolute atomic E-state index is 0.464. The smallest absolute Gasteiger partial charge is 0.216 e. The van der Waals surface area contributed by atoms with Gasteiger partial charge < -0.3 is 20.3 Å². The summed E-state index contributed by atoms with van der Waals surface area (Å²) in [5.41, 5.74) is 9.28. The van der Waals surface area contributed by atoms with Gasteiger partial charge in [0, 0.05) is 43.9 Å². The van der Waals surface area contributed by atoms with Gasteiger partial charge in [-0.25, -0.2) is 9.67 Å². The van der Waals surface area contributed by atoms with Crippen molar-refractivity contribution in [3.63, 3.8) is 0 Å². The summed E-state index contributed by atoms with van der Waals surface area (Å²) in [7, 11) is 3.50. The number of aromatic nitrogens is 2. The second kappa shape index (κ2) is 7.86.